The Morgan fingerprint density at radius 3 is 2.52 bits per heavy atom. The van der Waals surface area contributed by atoms with Gasteiger partial charge in [-0.05, 0) is 43.2 Å². The minimum atomic E-state index is -3.92. The predicted octanol–water partition coefficient (Wildman–Crippen LogP) is 1.15. The molecule has 150 valence electrons. The zero-order chi connectivity index (χ0) is 20.6. The molecule has 0 bridgehead atoms. The molecule has 2 N–H and O–H groups in total. The van der Waals surface area contributed by atoms with E-state index in [4.69, 9.17) is 0 Å². The molecule has 1 unspecified atom stereocenters. The van der Waals surface area contributed by atoms with Gasteiger partial charge in [-0.2, -0.15) is 0 Å². The Morgan fingerprint density at radius 1 is 1.03 bits per heavy atom. The maximum absolute atomic E-state index is 12.8. The highest BCUT2D eigenvalue weighted by Gasteiger charge is 2.31. The summed E-state index contributed by atoms with van der Waals surface area (Å²) in [7, 11) is -3.92. The molecule has 0 aliphatic carbocycles. The molecule has 0 spiro atoms. The van der Waals surface area contributed by atoms with Gasteiger partial charge in [0.1, 0.15) is 0 Å². The van der Waals surface area contributed by atoms with Gasteiger partial charge in [0.15, 0.2) is 0 Å². The van der Waals surface area contributed by atoms with Crippen molar-refractivity contribution in [2.75, 3.05) is 13.1 Å². The number of benzene rings is 2. The van der Waals surface area contributed by atoms with E-state index < -0.39 is 27.9 Å². The van der Waals surface area contributed by atoms with Crippen LogP contribution in [0, 0.1) is 0 Å². The van der Waals surface area contributed by atoms with E-state index in [0.717, 1.165) is 0 Å². The fourth-order valence-electron chi connectivity index (χ4n) is 3.62. The van der Waals surface area contributed by atoms with E-state index in [1.54, 1.807) is 29.2 Å². The van der Waals surface area contributed by atoms with Gasteiger partial charge in [-0.15, -0.1) is 0 Å². The number of piperidine rings is 1. The van der Waals surface area contributed by atoms with Gasteiger partial charge in [0.25, 0.3) is 17.7 Å². The van der Waals surface area contributed by atoms with Crippen molar-refractivity contribution in [3.05, 3.63) is 65.2 Å². The van der Waals surface area contributed by atoms with Gasteiger partial charge >= 0.3 is 0 Å². The van der Waals surface area contributed by atoms with Gasteiger partial charge in [-0.25, -0.2) is 13.1 Å². The Hall–Kier alpha value is -3.04. The second kappa shape index (κ2) is 7.41. The van der Waals surface area contributed by atoms with Crippen molar-refractivity contribution in [2.24, 2.45) is 0 Å². The fraction of sp³-hybridized carbons (Fsp3) is 0.250. The average Bonchev–Trinajstić information content (AvgIpc) is 3.01. The summed E-state index contributed by atoms with van der Waals surface area (Å²) in [6.07, 6.45) is 1.27. The van der Waals surface area contributed by atoms with Gasteiger partial charge < -0.3 is 4.90 Å². The molecule has 9 heteroatoms. The van der Waals surface area contributed by atoms with Crippen LogP contribution in [0.5, 0.6) is 0 Å². The summed E-state index contributed by atoms with van der Waals surface area (Å²) in [6.45, 7) is 0.823. The van der Waals surface area contributed by atoms with E-state index in [2.05, 4.69) is 10.0 Å². The normalized spacial score (nSPS) is 19.0. The number of fused-ring (bicyclic) bond motifs is 1. The minimum absolute atomic E-state index is 0.0439. The fourth-order valence-corrected chi connectivity index (χ4v) is 4.91. The van der Waals surface area contributed by atoms with Gasteiger partial charge in [0.2, 0.25) is 10.0 Å². The van der Waals surface area contributed by atoms with Gasteiger partial charge in [-0.1, -0.05) is 18.2 Å². The lowest BCUT2D eigenvalue weighted by Gasteiger charge is -2.33. The predicted molar refractivity (Wildman–Crippen MR) is 104 cm³/mol. The van der Waals surface area contributed by atoms with Crippen LogP contribution in [0.3, 0.4) is 0 Å². The summed E-state index contributed by atoms with van der Waals surface area (Å²) in [6, 6.07) is 12.2. The van der Waals surface area contributed by atoms with Crippen LogP contribution in [0.2, 0.25) is 0 Å². The Kier molecular flexibility index (Phi) is 4.93. The largest absolute Gasteiger partial charge is 0.337 e. The van der Waals surface area contributed by atoms with Crippen molar-refractivity contribution in [3.8, 4) is 0 Å². The summed E-state index contributed by atoms with van der Waals surface area (Å²) >= 11 is 0. The second-order valence-electron chi connectivity index (χ2n) is 7.07. The van der Waals surface area contributed by atoms with Crippen LogP contribution in [0.1, 0.15) is 43.9 Å². The zero-order valence-corrected chi connectivity index (χ0v) is 16.2. The molecular formula is C20H19N3O5S. The van der Waals surface area contributed by atoms with E-state index in [-0.39, 0.29) is 28.5 Å². The molecule has 0 radical (unpaired) electrons. The van der Waals surface area contributed by atoms with Crippen molar-refractivity contribution in [2.45, 2.75) is 23.8 Å². The quantitative estimate of drug-likeness (QED) is 0.731. The van der Waals surface area contributed by atoms with Crippen LogP contribution in [0.4, 0.5) is 0 Å². The lowest BCUT2D eigenvalue weighted by Crippen LogP contribution is -2.49. The molecule has 1 atom stereocenters. The third-order valence-corrected chi connectivity index (χ3v) is 6.59. The molecule has 2 heterocycles. The number of imide groups is 1. The number of likely N-dealkylation sites (tertiary alicyclic amines) is 1. The minimum Gasteiger partial charge on any atom is -0.337 e. The molecule has 0 aromatic heterocycles. The maximum atomic E-state index is 12.8. The van der Waals surface area contributed by atoms with Crippen molar-refractivity contribution in [1.29, 1.82) is 0 Å². The number of amides is 3. The number of nitrogens with zero attached hydrogens (tertiary/aromatic N) is 1. The van der Waals surface area contributed by atoms with Crippen LogP contribution < -0.4 is 10.0 Å². The van der Waals surface area contributed by atoms with Crippen LogP contribution >= 0.6 is 0 Å². The molecule has 3 amide bonds. The van der Waals surface area contributed by atoms with Gasteiger partial charge in [0, 0.05) is 24.7 Å². The third-order valence-electron chi connectivity index (χ3n) is 5.07. The van der Waals surface area contributed by atoms with Crippen LogP contribution in [0.15, 0.2) is 53.4 Å². The SMILES string of the molecule is O=C1NC(=O)c2cc(S(=O)(=O)NC3CCCN(C(=O)c4ccccc4)C3)ccc21. The first-order chi connectivity index (χ1) is 13.8. The number of carbonyl (C=O) groups is 3. The molecule has 2 aliphatic heterocycles. The Labute approximate surface area is 168 Å². The third kappa shape index (κ3) is 3.79. The molecule has 0 saturated carbocycles. The van der Waals surface area contributed by atoms with Gasteiger partial charge in [0.05, 0.1) is 16.0 Å². The first-order valence-electron chi connectivity index (χ1n) is 9.21. The lowest BCUT2D eigenvalue weighted by molar-refractivity contribution is 0.0702. The Bertz CT molecular complexity index is 1100. The molecule has 8 nitrogen and oxygen atoms in total. The highest BCUT2D eigenvalue weighted by atomic mass is 32.2. The molecule has 1 fully saturated rings. The highest BCUT2D eigenvalue weighted by molar-refractivity contribution is 7.89. The number of hydrogen-bond acceptors (Lipinski definition) is 5. The summed E-state index contributed by atoms with van der Waals surface area (Å²) in [4.78, 5) is 37.6. The molecule has 2 aromatic rings. The van der Waals surface area contributed by atoms with Crippen molar-refractivity contribution in [1.82, 2.24) is 14.9 Å². The maximum Gasteiger partial charge on any atom is 0.258 e. The summed E-state index contributed by atoms with van der Waals surface area (Å²) < 4.78 is 28.2. The van der Waals surface area contributed by atoms with Crippen molar-refractivity contribution in [3.63, 3.8) is 0 Å². The first kappa shape index (κ1) is 19.3. The summed E-state index contributed by atoms with van der Waals surface area (Å²) in [5.74, 6) is -1.29. The molecule has 4 rings (SSSR count). The first-order valence-corrected chi connectivity index (χ1v) is 10.7. The highest BCUT2D eigenvalue weighted by Crippen LogP contribution is 2.22. The monoisotopic (exact) mass is 413 g/mol. The van der Waals surface area contributed by atoms with E-state index in [1.807, 2.05) is 6.07 Å². The molecule has 2 aromatic carbocycles. The van der Waals surface area contributed by atoms with E-state index >= 15 is 0 Å². The summed E-state index contributed by atoms with van der Waals surface area (Å²) in [5.41, 5.74) is 0.763. The number of rotatable bonds is 4. The molecule has 1 saturated heterocycles. The van der Waals surface area contributed by atoms with Crippen molar-refractivity contribution >= 4 is 27.7 Å². The number of nitrogens with one attached hydrogen (secondary N) is 2. The Balaban J connectivity index is 1.50. The molecule has 2 aliphatic rings. The lowest BCUT2D eigenvalue weighted by atomic mass is 10.1. The topological polar surface area (TPSA) is 113 Å². The van der Waals surface area contributed by atoms with Crippen LogP contribution in [0.25, 0.3) is 0 Å². The molecule has 29 heavy (non-hydrogen) atoms. The van der Waals surface area contributed by atoms with E-state index in [1.165, 1.54) is 18.2 Å². The van der Waals surface area contributed by atoms with Gasteiger partial charge in [-0.3, -0.25) is 19.7 Å². The Morgan fingerprint density at radius 2 is 1.76 bits per heavy atom. The zero-order valence-electron chi connectivity index (χ0n) is 15.4. The number of hydrogen-bond donors (Lipinski definition) is 2. The van der Waals surface area contributed by atoms with E-state index in [9.17, 15) is 22.8 Å². The van der Waals surface area contributed by atoms with Crippen molar-refractivity contribution < 1.29 is 22.8 Å². The molecular weight excluding hydrogens is 394 g/mol. The van der Waals surface area contributed by atoms with E-state index in [0.29, 0.717) is 24.9 Å². The van der Waals surface area contributed by atoms with Crippen LogP contribution in [-0.2, 0) is 10.0 Å². The average molecular weight is 413 g/mol. The van der Waals surface area contributed by atoms with Crippen LogP contribution in [-0.4, -0.2) is 50.2 Å². The number of sulfonamides is 1. The second-order valence-corrected chi connectivity index (χ2v) is 8.78. The standard InChI is InChI=1S/C20H19N3O5S/c24-18-16-9-8-15(11-17(16)19(25)21-18)29(27,28)22-14-7-4-10-23(12-14)20(26)13-5-2-1-3-6-13/h1-3,5-6,8-9,11,14,22H,4,7,10,12H2,(H,21,24,25). The smallest absolute Gasteiger partial charge is 0.258 e. The summed E-state index contributed by atoms with van der Waals surface area (Å²) in [5, 5.41) is 2.14. The number of carbonyl (C=O) groups excluding carboxylic acids is 3.